The van der Waals surface area contributed by atoms with Crippen molar-refractivity contribution >= 4 is 16.6 Å². The molecule has 0 spiro atoms. The molecular weight excluding hydrogens is 264 g/mol. The van der Waals surface area contributed by atoms with Crippen LogP contribution in [0.5, 0.6) is 0 Å². The van der Waals surface area contributed by atoms with Gasteiger partial charge in [0.2, 0.25) is 0 Å². The molecule has 0 unspecified atom stereocenters. The summed E-state index contributed by atoms with van der Waals surface area (Å²) >= 11 is 0. The molecule has 0 radical (unpaired) electrons. The molecule has 2 N–H and O–H groups in total. The molecule has 1 fully saturated rings. The molecular formula is C13H14N2O5. The van der Waals surface area contributed by atoms with E-state index >= 15 is 0 Å². The van der Waals surface area contributed by atoms with E-state index in [1.165, 1.54) is 12.1 Å². The highest BCUT2D eigenvalue weighted by atomic mass is 16.6. The van der Waals surface area contributed by atoms with Crippen molar-refractivity contribution in [3.63, 3.8) is 0 Å². The fourth-order valence-electron chi connectivity index (χ4n) is 2.57. The van der Waals surface area contributed by atoms with Gasteiger partial charge < -0.3 is 19.5 Å². The second-order valence-corrected chi connectivity index (χ2v) is 4.84. The highest BCUT2D eigenvalue weighted by Crippen LogP contribution is 2.32. The molecule has 1 aliphatic heterocycles. The number of aliphatic hydroxyl groups excluding tert-OH is 2. The number of nitro benzene ring substituents is 1. The van der Waals surface area contributed by atoms with Gasteiger partial charge in [-0.05, 0) is 12.1 Å². The molecule has 0 saturated carbocycles. The maximum Gasteiger partial charge on any atom is 0.270 e. The largest absolute Gasteiger partial charge is 0.394 e. The van der Waals surface area contributed by atoms with Gasteiger partial charge in [-0.15, -0.1) is 0 Å². The number of ether oxygens (including phenoxy) is 1. The lowest BCUT2D eigenvalue weighted by Gasteiger charge is -2.14. The number of aliphatic hydroxyl groups is 2. The van der Waals surface area contributed by atoms with Crippen molar-refractivity contribution in [2.75, 3.05) is 6.61 Å². The van der Waals surface area contributed by atoms with Crippen LogP contribution in [0.3, 0.4) is 0 Å². The fraction of sp³-hybridized carbons (Fsp3) is 0.385. The van der Waals surface area contributed by atoms with Gasteiger partial charge in [0.05, 0.1) is 23.2 Å². The number of rotatable bonds is 3. The van der Waals surface area contributed by atoms with Gasteiger partial charge in [-0.2, -0.15) is 0 Å². The summed E-state index contributed by atoms with van der Waals surface area (Å²) in [7, 11) is 0. The van der Waals surface area contributed by atoms with E-state index < -0.39 is 17.1 Å². The normalized spacial score (nSPS) is 26.2. The van der Waals surface area contributed by atoms with Crippen molar-refractivity contribution in [1.82, 2.24) is 4.57 Å². The third kappa shape index (κ3) is 2.05. The Kier molecular flexibility index (Phi) is 3.17. The van der Waals surface area contributed by atoms with E-state index in [-0.39, 0.29) is 18.5 Å². The summed E-state index contributed by atoms with van der Waals surface area (Å²) < 4.78 is 7.40. The molecule has 2 heterocycles. The summed E-state index contributed by atoms with van der Waals surface area (Å²) in [6.45, 7) is -0.234. The van der Waals surface area contributed by atoms with Gasteiger partial charge in [0.25, 0.3) is 5.69 Å². The van der Waals surface area contributed by atoms with Crippen LogP contribution in [0.2, 0.25) is 0 Å². The molecule has 7 nitrogen and oxygen atoms in total. The van der Waals surface area contributed by atoms with Crippen LogP contribution in [0.15, 0.2) is 30.5 Å². The third-order valence-electron chi connectivity index (χ3n) is 3.61. The molecule has 3 atom stereocenters. The van der Waals surface area contributed by atoms with Crippen LogP contribution >= 0.6 is 0 Å². The second-order valence-electron chi connectivity index (χ2n) is 4.84. The number of fused-ring (bicyclic) bond motifs is 1. The smallest absolute Gasteiger partial charge is 0.270 e. The van der Waals surface area contributed by atoms with Crippen LogP contribution in [0.4, 0.5) is 5.69 Å². The minimum atomic E-state index is -0.708. The second kappa shape index (κ2) is 4.86. The number of aromatic nitrogens is 1. The highest BCUT2D eigenvalue weighted by molar-refractivity contribution is 5.82. The van der Waals surface area contributed by atoms with Gasteiger partial charge >= 0.3 is 0 Å². The molecule has 0 aliphatic carbocycles. The van der Waals surface area contributed by atoms with Crippen LogP contribution < -0.4 is 0 Å². The van der Waals surface area contributed by atoms with Gasteiger partial charge in [0.1, 0.15) is 12.3 Å². The SMILES string of the molecule is O=[N+]([O-])c1ccc2c(ccn2[C@H]2C[C@@H](O)[C@@H](CO)O2)c1. The molecule has 106 valence electrons. The molecule has 2 aromatic rings. The van der Waals surface area contributed by atoms with Crippen molar-refractivity contribution in [3.05, 3.63) is 40.6 Å². The van der Waals surface area contributed by atoms with E-state index in [2.05, 4.69) is 0 Å². The van der Waals surface area contributed by atoms with Crippen molar-refractivity contribution in [2.24, 2.45) is 0 Å². The number of nitrogens with zero attached hydrogens (tertiary/aromatic N) is 2. The molecule has 1 aromatic carbocycles. The average molecular weight is 278 g/mol. The van der Waals surface area contributed by atoms with E-state index in [9.17, 15) is 15.2 Å². The van der Waals surface area contributed by atoms with E-state index in [1.54, 1.807) is 18.3 Å². The Hall–Kier alpha value is -1.96. The van der Waals surface area contributed by atoms with Crippen molar-refractivity contribution in [1.29, 1.82) is 0 Å². The zero-order valence-electron chi connectivity index (χ0n) is 10.5. The Bertz CT molecular complexity index is 653. The fourth-order valence-corrected chi connectivity index (χ4v) is 2.57. The van der Waals surface area contributed by atoms with Crippen LogP contribution in [-0.4, -0.2) is 38.5 Å². The number of hydrogen-bond acceptors (Lipinski definition) is 5. The maximum atomic E-state index is 10.7. The van der Waals surface area contributed by atoms with Crippen LogP contribution in [0.25, 0.3) is 10.9 Å². The van der Waals surface area contributed by atoms with Gasteiger partial charge in [0.15, 0.2) is 0 Å². The lowest BCUT2D eigenvalue weighted by molar-refractivity contribution is -0.384. The molecule has 20 heavy (non-hydrogen) atoms. The van der Waals surface area contributed by atoms with E-state index in [4.69, 9.17) is 9.84 Å². The number of nitro groups is 1. The third-order valence-corrected chi connectivity index (χ3v) is 3.61. The summed E-state index contributed by atoms with van der Waals surface area (Å²) in [5.41, 5.74) is 0.835. The van der Waals surface area contributed by atoms with E-state index in [0.717, 1.165) is 10.9 Å². The molecule has 1 saturated heterocycles. The predicted octanol–water partition coefficient (Wildman–Crippen LogP) is 1.19. The van der Waals surface area contributed by atoms with Crippen molar-refractivity contribution in [3.8, 4) is 0 Å². The topological polar surface area (TPSA) is 97.8 Å². The summed E-state index contributed by atoms with van der Waals surface area (Å²) in [5.74, 6) is 0. The quantitative estimate of drug-likeness (QED) is 0.649. The molecule has 1 aromatic heterocycles. The van der Waals surface area contributed by atoms with Gasteiger partial charge in [0, 0.05) is 30.1 Å². The lowest BCUT2D eigenvalue weighted by Crippen LogP contribution is -2.24. The minimum absolute atomic E-state index is 0.0378. The number of hydrogen-bond donors (Lipinski definition) is 2. The first-order chi connectivity index (χ1) is 9.60. The lowest BCUT2D eigenvalue weighted by atomic mass is 10.2. The van der Waals surface area contributed by atoms with Crippen molar-refractivity contribution < 1.29 is 19.9 Å². The molecule has 1 aliphatic rings. The Morgan fingerprint density at radius 1 is 1.45 bits per heavy atom. The van der Waals surface area contributed by atoms with E-state index in [0.29, 0.717) is 6.42 Å². The summed E-state index contributed by atoms with van der Waals surface area (Å²) in [5, 5.41) is 30.3. The summed E-state index contributed by atoms with van der Waals surface area (Å²) in [6, 6.07) is 6.37. The summed E-state index contributed by atoms with van der Waals surface area (Å²) in [6.07, 6.45) is 0.481. The molecule has 0 bridgehead atoms. The zero-order chi connectivity index (χ0) is 14.3. The molecule has 3 rings (SSSR count). The Labute approximate surface area is 114 Å². The van der Waals surface area contributed by atoms with Crippen LogP contribution in [0, 0.1) is 10.1 Å². The molecule has 7 heteroatoms. The van der Waals surface area contributed by atoms with Crippen molar-refractivity contribution in [2.45, 2.75) is 24.9 Å². The highest BCUT2D eigenvalue weighted by Gasteiger charge is 2.34. The number of non-ortho nitro benzene ring substituents is 1. The zero-order valence-corrected chi connectivity index (χ0v) is 10.5. The number of benzene rings is 1. The van der Waals surface area contributed by atoms with Gasteiger partial charge in [-0.25, -0.2) is 0 Å². The Balaban J connectivity index is 1.95. The first kappa shape index (κ1) is 13.0. The Morgan fingerprint density at radius 3 is 2.90 bits per heavy atom. The monoisotopic (exact) mass is 278 g/mol. The predicted molar refractivity (Wildman–Crippen MR) is 70.2 cm³/mol. The first-order valence-electron chi connectivity index (χ1n) is 6.29. The summed E-state index contributed by atoms with van der Waals surface area (Å²) in [4.78, 5) is 10.3. The minimum Gasteiger partial charge on any atom is -0.394 e. The standard InChI is InChI=1S/C13H14N2O5/c16-7-12-11(17)6-13(20-12)14-4-3-8-5-9(15(18)19)1-2-10(8)14/h1-5,11-13,16-17H,6-7H2/t11-,12-,13-/m1/s1. The van der Waals surface area contributed by atoms with Gasteiger partial charge in [-0.1, -0.05) is 0 Å². The van der Waals surface area contributed by atoms with Crippen LogP contribution in [-0.2, 0) is 4.74 Å². The van der Waals surface area contributed by atoms with E-state index in [1.807, 2.05) is 4.57 Å². The van der Waals surface area contributed by atoms with Crippen LogP contribution in [0.1, 0.15) is 12.6 Å². The molecule has 0 amide bonds. The Morgan fingerprint density at radius 2 is 2.25 bits per heavy atom. The maximum absolute atomic E-state index is 10.7. The average Bonchev–Trinajstić information content (AvgIpc) is 3.00. The van der Waals surface area contributed by atoms with Gasteiger partial charge in [-0.3, -0.25) is 10.1 Å². The first-order valence-corrected chi connectivity index (χ1v) is 6.29.